The number of hydrogen-bond acceptors (Lipinski definition) is 1. The summed E-state index contributed by atoms with van der Waals surface area (Å²) in [5, 5.41) is 0. The van der Waals surface area contributed by atoms with E-state index in [4.69, 9.17) is 4.74 Å². The monoisotopic (exact) mass is 215 g/mol. The van der Waals surface area contributed by atoms with E-state index in [1.54, 1.807) is 19.2 Å². The molecule has 0 aromatic heterocycles. The van der Waals surface area contributed by atoms with Crippen molar-refractivity contribution < 1.29 is 9.13 Å². The molecule has 81 valence electrons. The highest BCUT2D eigenvalue weighted by molar-refractivity contribution is 5.36. The molecular weight excluding hydrogens is 203 g/mol. The minimum absolute atomic E-state index is 0.215. The van der Waals surface area contributed by atoms with Gasteiger partial charge in [-0.2, -0.15) is 0 Å². The molecule has 2 rings (SSSR count). The number of methoxy groups -OCH3 is 1. The highest BCUT2D eigenvalue weighted by atomic mass is 19.1. The standard InChI is InChI=1S/C14H12FO/c1-16-14-5-3-2-4-12(14)10-11-6-8-13(15)9-7-11/h2-3,5-9H,10H2,1H3. The summed E-state index contributed by atoms with van der Waals surface area (Å²) in [6.45, 7) is 0. The van der Waals surface area contributed by atoms with Crippen LogP contribution in [0.4, 0.5) is 4.39 Å². The van der Waals surface area contributed by atoms with E-state index in [0.717, 1.165) is 16.9 Å². The molecule has 2 aromatic carbocycles. The number of benzene rings is 2. The summed E-state index contributed by atoms with van der Waals surface area (Å²) in [4.78, 5) is 0. The van der Waals surface area contributed by atoms with Crippen molar-refractivity contribution in [1.82, 2.24) is 0 Å². The van der Waals surface area contributed by atoms with E-state index in [1.165, 1.54) is 12.1 Å². The largest absolute Gasteiger partial charge is 0.496 e. The first kappa shape index (κ1) is 10.7. The Kier molecular flexibility index (Phi) is 3.20. The third-order valence-electron chi connectivity index (χ3n) is 2.41. The summed E-state index contributed by atoms with van der Waals surface area (Å²) >= 11 is 0. The summed E-state index contributed by atoms with van der Waals surface area (Å²) in [5.74, 6) is 0.597. The van der Waals surface area contributed by atoms with E-state index in [2.05, 4.69) is 6.07 Å². The van der Waals surface area contributed by atoms with E-state index in [1.807, 2.05) is 18.2 Å². The molecule has 0 saturated carbocycles. The number of halogens is 1. The molecule has 0 bridgehead atoms. The van der Waals surface area contributed by atoms with Crippen molar-refractivity contribution >= 4 is 0 Å². The summed E-state index contributed by atoms with van der Waals surface area (Å²) in [5.41, 5.74) is 2.03. The van der Waals surface area contributed by atoms with Crippen LogP contribution >= 0.6 is 0 Å². The highest BCUT2D eigenvalue weighted by Crippen LogP contribution is 2.20. The third kappa shape index (κ3) is 2.40. The number of rotatable bonds is 3. The molecule has 0 aliphatic heterocycles. The van der Waals surface area contributed by atoms with Gasteiger partial charge in [0.25, 0.3) is 0 Å². The summed E-state index contributed by atoms with van der Waals surface area (Å²) in [7, 11) is 1.64. The topological polar surface area (TPSA) is 9.23 Å². The molecule has 2 heteroatoms. The lowest BCUT2D eigenvalue weighted by atomic mass is 10.0. The molecule has 0 heterocycles. The summed E-state index contributed by atoms with van der Waals surface area (Å²) < 4.78 is 18.0. The maximum absolute atomic E-state index is 12.7. The Labute approximate surface area is 94.5 Å². The summed E-state index contributed by atoms with van der Waals surface area (Å²) in [6, 6.07) is 15.2. The molecule has 1 nitrogen and oxygen atoms in total. The molecule has 0 aliphatic rings. The van der Waals surface area contributed by atoms with Crippen LogP contribution in [0.25, 0.3) is 0 Å². The van der Waals surface area contributed by atoms with Crippen LogP contribution in [0.1, 0.15) is 11.1 Å². The van der Waals surface area contributed by atoms with Crippen molar-refractivity contribution in [3.8, 4) is 5.75 Å². The molecule has 16 heavy (non-hydrogen) atoms. The highest BCUT2D eigenvalue weighted by Gasteiger charge is 2.03. The Morgan fingerprint density at radius 3 is 2.62 bits per heavy atom. The van der Waals surface area contributed by atoms with Gasteiger partial charge in [0.05, 0.1) is 7.11 Å². The predicted molar refractivity (Wildman–Crippen MR) is 61.0 cm³/mol. The fourth-order valence-electron chi connectivity index (χ4n) is 1.59. The van der Waals surface area contributed by atoms with Crippen LogP contribution in [0.2, 0.25) is 0 Å². The molecule has 0 saturated heterocycles. The Morgan fingerprint density at radius 1 is 1.19 bits per heavy atom. The van der Waals surface area contributed by atoms with Crippen LogP contribution in [0.15, 0.2) is 42.5 Å². The molecule has 1 radical (unpaired) electrons. The molecule has 0 unspecified atom stereocenters. The Morgan fingerprint density at radius 2 is 1.94 bits per heavy atom. The van der Waals surface area contributed by atoms with E-state index in [0.29, 0.717) is 6.42 Å². The first-order chi connectivity index (χ1) is 7.79. The van der Waals surface area contributed by atoms with Crippen LogP contribution in [-0.4, -0.2) is 7.11 Å². The molecule has 0 aliphatic carbocycles. The van der Waals surface area contributed by atoms with E-state index in [-0.39, 0.29) is 5.82 Å². The van der Waals surface area contributed by atoms with Crippen molar-refractivity contribution in [2.45, 2.75) is 6.42 Å². The van der Waals surface area contributed by atoms with Crippen molar-refractivity contribution in [3.05, 3.63) is 65.5 Å². The molecule has 0 spiro atoms. The smallest absolute Gasteiger partial charge is 0.123 e. The molecule has 0 atom stereocenters. The SMILES string of the molecule is COc1ccc[c]c1Cc1ccc(F)cc1. The quantitative estimate of drug-likeness (QED) is 0.763. The lowest BCUT2D eigenvalue weighted by Gasteiger charge is -2.07. The van der Waals surface area contributed by atoms with E-state index in [9.17, 15) is 4.39 Å². The lowest BCUT2D eigenvalue weighted by Crippen LogP contribution is -1.93. The molecule has 0 amide bonds. The van der Waals surface area contributed by atoms with Crippen molar-refractivity contribution in [1.29, 1.82) is 0 Å². The van der Waals surface area contributed by atoms with E-state index < -0.39 is 0 Å². The van der Waals surface area contributed by atoms with Crippen LogP contribution in [-0.2, 0) is 6.42 Å². The molecule has 0 fully saturated rings. The maximum atomic E-state index is 12.7. The first-order valence-corrected chi connectivity index (χ1v) is 5.07. The second kappa shape index (κ2) is 4.79. The van der Waals surface area contributed by atoms with Crippen molar-refractivity contribution in [2.24, 2.45) is 0 Å². The Hall–Kier alpha value is -1.83. The summed E-state index contributed by atoms with van der Waals surface area (Å²) in [6.07, 6.45) is 0.699. The average molecular weight is 215 g/mol. The minimum Gasteiger partial charge on any atom is -0.496 e. The zero-order valence-corrected chi connectivity index (χ0v) is 9.03. The van der Waals surface area contributed by atoms with Gasteiger partial charge in [-0.1, -0.05) is 24.3 Å². The maximum Gasteiger partial charge on any atom is 0.123 e. The van der Waals surface area contributed by atoms with Gasteiger partial charge in [0, 0.05) is 12.0 Å². The van der Waals surface area contributed by atoms with Crippen molar-refractivity contribution in [2.75, 3.05) is 7.11 Å². The van der Waals surface area contributed by atoms with Gasteiger partial charge in [0.15, 0.2) is 0 Å². The zero-order chi connectivity index (χ0) is 11.4. The molecular formula is C14H12FO. The fourth-order valence-corrected chi connectivity index (χ4v) is 1.59. The number of ether oxygens (including phenoxy) is 1. The van der Waals surface area contributed by atoms with Crippen LogP contribution in [0.5, 0.6) is 5.75 Å². The predicted octanol–water partition coefficient (Wildman–Crippen LogP) is 3.23. The van der Waals surface area contributed by atoms with Crippen LogP contribution < -0.4 is 4.74 Å². The van der Waals surface area contributed by atoms with Gasteiger partial charge in [0.1, 0.15) is 11.6 Å². The average Bonchev–Trinajstić information content (AvgIpc) is 2.33. The van der Waals surface area contributed by atoms with Crippen molar-refractivity contribution in [3.63, 3.8) is 0 Å². The Balaban J connectivity index is 2.23. The lowest BCUT2D eigenvalue weighted by molar-refractivity contribution is 0.410. The second-order valence-electron chi connectivity index (χ2n) is 3.52. The van der Waals surface area contributed by atoms with Gasteiger partial charge >= 0.3 is 0 Å². The normalized spacial score (nSPS) is 10.1. The van der Waals surface area contributed by atoms with Gasteiger partial charge in [-0.25, -0.2) is 4.39 Å². The molecule has 0 N–H and O–H groups in total. The van der Waals surface area contributed by atoms with Crippen LogP contribution in [0, 0.1) is 11.9 Å². The minimum atomic E-state index is -0.215. The number of hydrogen-bond donors (Lipinski definition) is 0. The second-order valence-corrected chi connectivity index (χ2v) is 3.52. The van der Waals surface area contributed by atoms with E-state index >= 15 is 0 Å². The zero-order valence-electron chi connectivity index (χ0n) is 9.03. The first-order valence-electron chi connectivity index (χ1n) is 5.07. The van der Waals surface area contributed by atoms with Gasteiger partial charge in [-0.3, -0.25) is 0 Å². The molecule has 2 aromatic rings. The Bertz CT molecular complexity index is 462. The third-order valence-corrected chi connectivity index (χ3v) is 2.41. The van der Waals surface area contributed by atoms with Gasteiger partial charge < -0.3 is 4.74 Å². The van der Waals surface area contributed by atoms with Gasteiger partial charge in [-0.15, -0.1) is 0 Å². The van der Waals surface area contributed by atoms with Gasteiger partial charge in [-0.05, 0) is 29.8 Å². The van der Waals surface area contributed by atoms with Crippen LogP contribution in [0.3, 0.4) is 0 Å². The van der Waals surface area contributed by atoms with Gasteiger partial charge in [0.2, 0.25) is 0 Å². The fraction of sp³-hybridized carbons (Fsp3) is 0.143.